The number of aliphatic imine (C=N–C) groups is 1. The summed E-state index contributed by atoms with van der Waals surface area (Å²) in [4.78, 5) is 91.6. The molecular formula is C52H76N10O9S. The normalized spacial score (nSPS) is 25.8. The summed E-state index contributed by atoms with van der Waals surface area (Å²) in [6.45, 7) is 11.8. The van der Waals surface area contributed by atoms with Crippen LogP contribution >= 0.6 is 0 Å². The SMILES string of the molecule is CC[C@@H]1NC(=O)[C@@H]2CCCN2C(=O)[C@H](Cc2ccccc2)NC(=O)[C@@H](N)CCC/C=C/CCCNC(=O)[C@@H]2CCCN2C(=O)[C@H](CCCN=C(N)NS(=O)(=O)c2c(C)c(C)c3c(c2C)CC(C)(C)O3)NC1=O. The molecule has 20 heteroatoms. The van der Waals surface area contributed by atoms with Crippen molar-refractivity contribution in [2.75, 3.05) is 26.2 Å². The van der Waals surface area contributed by atoms with E-state index in [1.807, 2.05) is 63.3 Å². The minimum absolute atomic E-state index is 0.0211. The van der Waals surface area contributed by atoms with Crippen LogP contribution < -0.4 is 42.2 Å². The lowest BCUT2D eigenvalue weighted by atomic mass is 9.94. The highest BCUT2D eigenvalue weighted by atomic mass is 32.2. The topological polar surface area (TPSA) is 277 Å². The number of fused-ring (bicyclic) bond motifs is 3. The molecule has 19 nitrogen and oxygen atoms in total. The first-order valence-electron chi connectivity index (χ1n) is 25.6. The lowest BCUT2D eigenvalue weighted by Crippen LogP contribution is -2.59. The molecule has 0 spiro atoms. The maximum Gasteiger partial charge on any atom is 0.264 e. The van der Waals surface area contributed by atoms with Gasteiger partial charge in [0.15, 0.2) is 0 Å². The fourth-order valence-electron chi connectivity index (χ4n) is 10.2. The van der Waals surface area contributed by atoms with Crippen LogP contribution in [0.4, 0.5) is 0 Å². The number of nitrogens with two attached hydrogens (primary N) is 2. The number of benzene rings is 2. The Hall–Kier alpha value is -6.02. The van der Waals surface area contributed by atoms with Crippen molar-refractivity contribution in [2.24, 2.45) is 16.5 Å². The third kappa shape index (κ3) is 13.7. The number of carbonyl (C=O) groups is 6. The van der Waals surface area contributed by atoms with Crippen molar-refractivity contribution in [1.82, 2.24) is 35.8 Å². The van der Waals surface area contributed by atoms with Crippen molar-refractivity contribution in [3.05, 3.63) is 70.3 Å². The van der Waals surface area contributed by atoms with Crippen LogP contribution in [0.3, 0.4) is 0 Å². The zero-order chi connectivity index (χ0) is 52.3. The number of nitrogens with one attached hydrogen (secondary N) is 5. The van der Waals surface area contributed by atoms with E-state index in [1.54, 1.807) is 20.8 Å². The van der Waals surface area contributed by atoms with Crippen molar-refractivity contribution in [1.29, 1.82) is 0 Å². The van der Waals surface area contributed by atoms with E-state index in [-0.39, 0.29) is 55.5 Å². The largest absolute Gasteiger partial charge is 0.487 e. The Bertz CT molecular complexity index is 2500. The molecule has 0 radical (unpaired) electrons. The summed E-state index contributed by atoms with van der Waals surface area (Å²) in [5.74, 6) is -2.53. The van der Waals surface area contributed by atoms with Gasteiger partial charge in [-0.15, -0.1) is 0 Å². The van der Waals surface area contributed by atoms with E-state index in [9.17, 15) is 37.2 Å². The third-order valence-electron chi connectivity index (χ3n) is 14.2. The molecule has 6 rings (SSSR count). The molecule has 0 saturated carbocycles. The lowest BCUT2D eigenvalue weighted by molar-refractivity contribution is -0.143. The molecule has 0 aromatic heterocycles. The number of ether oxygens (including phenoxy) is 1. The van der Waals surface area contributed by atoms with Gasteiger partial charge in [-0.3, -0.25) is 33.8 Å². The third-order valence-corrected chi connectivity index (χ3v) is 15.8. The summed E-state index contributed by atoms with van der Waals surface area (Å²) in [6, 6.07) is 3.44. The number of allylic oxidation sites excluding steroid dienone is 2. The lowest BCUT2D eigenvalue weighted by Gasteiger charge is -2.31. The fraction of sp³-hybridized carbons (Fsp3) is 0.596. The molecule has 394 valence electrons. The van der Waals surface area contributed by atoms with Crippen molar-refractivity contribution in [3.8, 4) is 5.75 Å². The number of nitrogens with zero attached hydrogens (tertiary/aromatic N) is 3. The first kappa shape index (κ1) is 55.3. The van der Waals surface area contributed by atoms with Crippen LogP contribution in [0.15, 0.2) is 52.4 Å². The molecule has 4 heterocycles. The van der Waals surface area contributed by atoms with Crippen LogP contribution in [-0.4, -0.2) is 128 Å². The van der Waals surface area contributed by atoms with E-state index in [2.05, 4.69) is 31.0 Å². The van der Waals surface area contributed by atoms with E-state index in [0.29, 0.717) is 94.2 Å². The number of rotatable bonds is 9. The molecule has 72 heavy (non-hydrogen) atoms. The summed E-state index contributed by atoms with van der Waals surface area (Å²) >= 11 is 0. The van der Waals surface area contributed by atoms with E-state index in [1.165, 1.54) is 9.80 Å². The van der Waals surface area contributed by atoms with E-state index in [0.717, 1.165) is 16.7 Å². The zero-order valence-corrected chi connectivity index (χ0v) is 43.6. The Labute approximate surface area is 424 Å². The molecule has 6 atom stereocenters. The average Bonchev–Trinajstić information content (AvgIpc) is 4.11. The van der Waals surface area contributed by atoms with Gasteiger partial charge < -0.3 is 47.3 Å². The summed E-state index contributed by atoms with van der Waals surface area (Å²) in [5, 5.41) is 11.5. The summed E-state index contributed by atoms with van der Waals surface area (Å²) in [7, 11) is -4.18. The minimum atomic E-state index is -4.18. The Morgan fingerprint density at radius 2 is 1.39 bits per heavy atom. The van der Waals surface area contributed by atoms with Crippen molar-refractivity contribution in [2.45, 2.75) is 178 Å². The predicted molar refractivity (Wildman–Crippen MR) is 274 cm³/mol. The number of sulfonamides is 1. The van der Waals surface area contributed by atoms with Gasteiger partial charge in [0, 0.05) is 44.6 Å². The van der Waals surface area contributed by atoms with Crippen LogP contribution in [0.1, 0.15) is 126 Å². The highest BCUT2D eigenvalue weighted by molar-refractivity contribution is 7.90. The van der Waals surface area contributed by atoms with Gasteiger partial charge in [-0.2, -0.15) is 0 Å². The number of carbonyl (C=O) groups excluding carboxylic acids is 6. The summed E-state index contributed by atoms with van der Waals surface area (Å²) < 4.78 is 36.3. The first-order valence-corrected chi connectivity index (χ1v) is 27.1. The molecule has 2 aromatic rings. The molecule has 0 bridgehead atoms. The van der Waals surface area contributed by atoms with E-state index >= 15 is 0 Å². The number of amides is 6. The Balaban J connectivity index is 1.20. The zero-order valence-electron chi connectivity index (χ0n) is 42.8. The van der Waals surface area contributed by atoms with Gasteiger partial charge in [0.05, 0.1) is 10.9 Å². The van der Waals surface area contributed by atoms with Gasteiger partial charge in [-0.05, 0) is 134 Å². The highest BCUT2D eigenvalue weighted by Crippen LogP contribution is 2.43. The van der Waals surface area contributed by atoms with E-state index < -0.39 is 81.4 Å². The summed E-state index contributed by atoms with van der Waals surface area (Å²) in [6.07, 6.45) is 10.0. The number of hydrogen-bond donors (Lipinski definition) is 7. The molecule has 0 aliphatic carbocycles. The Morgan fingerprint density at radius 1 is 0.778 bits per heavy atom. The van der Waals surface area contributed by atoms with Crippen LogP contribution in [0.2, 0.25) is 0 Å². The van der Waals surface area contributed by atoms with E-state index in [4.69, 9.17) is 16.2 Å². The fourth-order valence-corrected chi connectivity index (χ4v) is 11.7. The van der Waals surface area contributed by atoms with Crippen LogP contribution in [0.25, 0.3) is 0 Å². The minimum Gasteiger partial charge on any atom is -0.487 e. The van der Waals surface area contributed by atoms with Gasteiger partial charge >= 0.3 is 0 Å². The maximum absolute atomic E-state index is 14.5. The Kier molecular flexibility index (Phi) is 18.9. The number of guanidine groups is 1. The second-order valence-electron chi connectivity index (χ2n) is 20.2. The second-order valence-corrected chi connectivity index (χ2v) is 21.8. The smallest absolute Gasteiger partial charge is 0.264 e. The van der Waals surface area contributed by atoms with Gasteiger partial charge in [0.25, 0.3) is 10.0 Å². The molecule has 4 aliphatic rings. The molecule has 6 amide bonds. The first-order chi connectivity index (χ1) is 34.2. The molecular weight excluding hydrogens is 941 g/mol. The predicted octanol–water partition coefficient (Wildman–Crippen LogP) is 2.75. The highest BCUT2D eigenvalue weighted by Gasteiger charge is 2.42. The van der Waals surface area contributed by atoms with Crippen LogP contribution in [0.5, 0.6) is 5.75 Å². The van der Waals surface area contributed by atoms with Crippen LogP contribution in [-0.2, 0) is 51.6 Å². The monoisotopic (exact) mass is 1020 g/mol. The molecule has 4 aliphatic heterocycles. The molecule has 0 unspecified atom stereocenters. The maximum atomic E-state index is 14.5. The standard InChI is InChI=1S/C52H76N10O9S/c1-7-38-46(64)58-39(23-17-27-56-51(54)60-72(69,70)44-33(3)32(2)43-36(34(44)4)31-52(5,6)71-43)49(67)61-28-18-24-41(61)47(65)55-26-16-11-9-8-10-15-22-37(53)45(63)59-40(30-35-20-13-12-14-21-35)50(68)62-29-19-25-42(62)48(66)57-38/h8-9,12-14,20-21,37-42H,7,10-11,15-19,22-31,53H2,1-6H3,(H,55,65)(H,57,66)(H,58,64)(H,59,63)(H3,54,56,60)/b9-8+/t37-,38-,39-,40-,41-,42-/m0/s1. The average molecular weight is 1020 g/mol. The Morgan fingerprint density at radius 3 is 2.06 bits per heavy atom. The van der Waals surface area contributed by atoms with Gasteiger partial charge in [0.1, 0.15) is 41.6 Å². The number of hydrogen-bond acceptors (Lipinski definition) is 11. The molecule has 2 aromatic carbocycles. The van der Waals surface area contributed by atoms with Gasteiger partial charge in [-0.25, -0.2) is 13.1 Å². The van der Waals surface area contributed by atoms with Crippen molar-refractivity contribution < 1.29 is 41.9 Å². The quantitative estimate of drug-likeness (QED) is 0.0831. The van der Waals surface area contributed by atoms with Crippen LogP contribution in [0, 0.1) is 20.8 Å². The van der Waals surface area contributed by atoms with Crippen molar-refractivity contribution >= 4 is 51.4 Å². The molecule has 2 saturated heterocycles. The van der Waals surface area contributed by atoms with Gasteiger partial charge in [-0.1, -0.05) is 49.4 Å². The second kappa shape index (κ2) is 24.6. The summed E-state index contributed by atoms with van der Waals surface area (Å²) in [5.41, 5.74) is 15.5. The molecule has 9 N–H and O–H groups in total. The molecule has 2 fully saturated rings. The van der Waals surface area contributed by atoms with Crippen molar-refractivity contribution in [3.63, 3.8) is 0 Å². The van der Waals surface area contributed by atoms with Gasteiger partial charge in [0.2, 0.25) is 41.4 Å².